The van der Waals surface area contributed by atoms with E-state index < -0.39 is 12.3 Å². The van der Waals surface area contributed by atoms with E-state index in [-0.39, 0.29) is 0 Å². The van der Waals surface area contributed by atoms with Gasteiger partial charge in [0.1, 0.15) is 11.0 Å². The first-order valence-corrected chi connectivity index (χ1v) is 18.6. The van der Waals surface area contributed by atoms with Gasteiger partial charge in [0.15, 0.2) is 0 Å². The Hall–Kier alpha value is -2.26. The molecule has 1 fully saturated rings. The van der Waals surface area contributed by atoms with Gasteiger partial charge in [-0.05, 0) is 76.6 Å². The highest BCUT2D eigenvalue weighted by Gasteiger charge is 2.25. The molecule has 0 saturated carbocycles. The van der Waals surface area contributed by atoms with Crippen LogP contribution in [0.25, 0.3) is 0 Å². The fourth-order valence-corrected chi connectivity index (χ4v) is 5.97. The fourth-order valence-electron chi connectivity index (χ4n) is 5.81. The van der Waals surface area contributed by atoms with E-state index in [0.29, 0.717) is 37.6 Å². The van der Waals surface area contributed by atoms with Crippen LogP contribution in [0.4, 0.5) is 15.4 Å². The molecule has 2 heterocycles. The maximum atomic E-state index is 11.9. The van der Waals surface area contributed by atoms with Crippen LogP contribution in [0.5, 0.6) is 0 Å². The summed E-state index contributed by atoms with van der Waals surface area (Å²) in [6, 6.07) is 6.22. The molecule has 46 heavy (non-hydrogen) atoms. The summed E-state index contributed by atoms with van der Waals surface area (Å²) in [6.45, 7) is 9.73. The number of ether oxygens (including phenoxy) is 4. The van der Waals surface area contributed by atoms with Crippen molar-refractivity contribution in [3.05, 3.63) is 23.4 Å². The molecule has 10 heteroatoms. The van der Waals surface area contributed by atoms with Crippen molar-refractivity contribution in [1.82, 2.24) is 9.88 Å². The first-order valence-electron chi connectivity index (χ1n) is 18.2. The van der Waals surface area contributed by atoms with Crippen molar-refractivity contribution < 1.29 is 28.5 Å². The lowest BCUT2D eigenvalue weighted by Gasteiger charge is -2.39. The molecule has 0 spiro atoms. The van der Waals surface area contributed by atoms with Gasteiger partial charge >= 0.3 is 12.3 Å². The first-order chi connectivity index (χ1) is 22.5. The van der Waals surface area contributed by atoms with Crippen molar-refractivity contribution in [2.45, 2.75) is 135 Å². The summed E-state index contributed by atoms with van der Waals surface area (Å²) in [7, 11) is 0. The Morgan fingerprint density at radius 1 is 0.696 bits per heavy atom. The molecule has 0 unspecified atom stereocenters. The Kier molecular flexibility index (Phi) is 23.2. The number of anilines is 1. The number of hydrogen-bond donors (Lipinski definition) is 0. The zero-order valence-corrected chi connectivity index (χ0v) is 29.6. The molecular weight excluding hydrogens is 606 g/mol. The molecule has 0 amide bonds. The minimum Gasteiger partial charge on any atom is -0.434 e. The molecule has 0 aliphatic carbocycles. The Morgan fingerprint density at radius 2 is 1.13 bits per heavy atom. The van der Waals surface area contributed by atoms with E-state index in [9.17, 15) is 9.59 Å². The summed E-state index contributed by atoms with van der Waals surface area (Å²) in [5.41, 5.74) is 0. The monoisotopic (exact) mass is 667 g/mol. The van der Waals surface area contributed by atoms with Gasteiger partial charge in [-0.15, -0.1) is 0 Å². The highest BCUT2D eigenvalue weighted by atomic mass is 35.5. The SMILES string of the molecule is CCCCCCCCOC(=O)OCCCCN(CCCCOC(=O)OCCCCCCCC)C1CCN(c2cccc(Cl)n2)CC1. The number of aromatic nitrogens is 1. The van der Waals surface area contributed by atoms with Crippen LogP contribution in [-0.4, -0.2) is 80.8 Å². The maximum absolute atomic E-state index is 11.9. The molecular formula is C36H62ClN3O6. The third-order valence-corrected chi connectivity index (χ3v) is 8.77. The summed E-state index contributed by atoms with van der Waals surface area (Å²) in [5, 5.41) is 0.517. The predicted octanol–water partition coefficient (Wildman–Crippen LogP) is 9.59. The molecule has 2 rings (SSSR count). The van der Waals surface area contributed by atoms with E-state index in [1.807, 2.05) is 12.1 Å². The van der Waals surface area contributed by atoms with Crippen LogP contribution >= 0.6 is 11.6 Å². The fraction of sp³-hybridized carbons (Fsp3) is 0.806. The topological polar surface area (TPSA) is 90.4 Å². The predicted molar refractivity (Wildman–Crippen MR) is 186 cm³/mol. The number of halogens is 1. The van der Waals surface area contributed by atoms with Crippen LogP contribution in [0.1, 0.15) is 129 Å². The number of pyridine rings is 1. The third-order valence-electron chi connectivity index (χ3n) is 8.56. The van der Waals surface area contributed by atoms with Gasteiger partial charge in [-0.2, -0.15) is 0 Å². The highest BCUT2D eigenvalue weighted by Crippen LogP contribution is 2.23. The van der Waals surface area contributed by atoms with Gasteiger partial charge in [0.05, 0.1) is 26.4 Å². The number of carbonyl (C=O) groups is 2. The van der Waals surface area contributed by atoms with Crippen LogP contribution in [0.2, 0.25) is 5.15 Å². The molecule has 264 valence electrons. The van der Waals surface area contributed by atoms with Crippen LogP contribution in [0.3, 0.4) is 0 Å². The number of rotatable bonds is 26. The second-order valence-corrected chi connectivity index (χ2v) is 12.8. The number of piperidine rings is 1. The zero-order valence-electron chi connectivity index (χ0n) is 28.9. The Labute approximate surface area is 284 Å². The molecule has 1 saturated heterocycles. The summed E-state index contributed by atoms with van der Waals surface area (Å²) < 4.78 is 21.1. The van der Waals surface area contributed by atoms with Gasteiger partial charge in [0.2, 0.25) is 0 Å². The molecule has 1 aromatic heterocycles. The minimum atomic E-state index is -0.557. The Morgan fingerprint density at radius 3 is 1.59 bits per heavy atom. The van der Waals surface area contributed by atoms with Crippen LogP contribution < -0.4 is 4.90 Å². The molecule has 1 aromatic rings. The number of unbranched alkanes of at least 4 members (excludes halogenated alkanes) is 12. The average Bonchev–Trinajstić information content (AvgIpc) is 3.06. The normalized spacial score (nSPS) is 13.6. The molecule has 0 aromatic carbocycles. The highest BCUT2D eigenvalue weighted by molar-refractivity contribution is 6.29. The van der Waals surface area contributed by atoms with Gasteiger partial charge in [-0.3, -0.25) is 0 Å². The van der Waals surface area contributed by atoms with E-state index in [0.717, 1.165) is 96.2 Å². The molecule has 0 radical (unpaired) electrons. The maximum Gasteiger partial charge on any atom is 0.508 e. The average molecular weight is 668 g/mol. The van der Waals surface area contributed by atoms with Crippen molar-refractivity contribution in [1.29, 1.82) is 0 Å². The van der Waals surface area contributed by atoms with Crippen molar-refractivity contribution in [2.75, 3.05) is 57.5 Å². The molecule has 9 nitrogen and oxygen atoms in total. The number of nitrogens with zero attached hydrogens (tertiary/aromatic N) is 3. The van der Waals surface area contributed by atoms with Gasteiger partial charge in [-0.25, -0.2) is 14.6 Å². The van der Waals surface area contributed by atoms with Crippen molar-refractivity contribution in [2.24, 2.45) is 0 Å². The molecule has 0 atom stereocenters. The van der Waals surface area contributed by atoms with E-state index >= 15 is 0 Å². The number of hydrogen-bond acceptors (Lipinski definition) is 9. The summed E-state index contributed by atoms with van der Waals surface area (Å²) >= 11 is 6.13. The Bertz CT molecular complexity index is 875. The van der Waals surface area contributed by atoms with Gasteiger partial charge in [0.25, 0.3) is 0 Å². The largest absolute Gasteiger partial charge is 0.508 e. The van der Waals surface area contributed by atoms with Gasteiger partial charge < -0.3 is 28.7 Å². The van der Waals surface area contributed by atoms with Crippen molar-refractivity contribution >= 4 is 29.7 Å². The minimum absolute atomic E-state index is 0.372. The summed E-state index contributed by atoms with van der Waals surface area (Å²) in [6.07, 6.45) is 18.3. The van der Waals surface area contributed by atoms with Crippen LogP contribution in [-0.2, 0) is 18.9 Å². The lowest BCUT2D eigenvalue weighted by molar-refractivity contribution is 0.0513. The second-order valence-electron chi connectivity index (χ2n) is 12.4. The molecule has 0 N–H and O–H groups in total. The standard InChI is InChI=1S/C36H62ClN3O6/c1-3-5-7-9-11-15-28-43-35(41)45-30-17-13-24-39(32-22-26-40(27-23-32)34-21-19-20-33(37)38-34)25-14-18-31-46-36(42)44-29-16-12-10-8-6-4-2/h19-21,32H,3-18,22-31H2,1-2H3. The van der Waals surface area contributed by atoms with Gasteiger partial charge in [0, 0.05) is 19.1 Å². The molecule has 0 bridgehead atoms. The zero-order chi connectivity index (χ0) is 33.1. The summed E-state index contributed by atoms with van der Waals surface area (Å²) in [4.78, 5) is 33.2. The quantitative estimate of drug-likeness (QED) is 0.0544. The third kappa shape index (κ3) is 19.4. The van der Waals surface area contributed by atoms with Crippen LogP contribution in [0, 0.1) is 0 Å². The van der Waals surface area contributed by atoms with E-state index in [2.05, 4.69) is 28.6 Å². The number of carbonyl (C=O) groups excluding carboxylic acids is 2. The molecule has 1 aliphatic rings. The second kappa shape index (κ2) is 26.8. The van der Waals surface area contributed by atoms with E-state index in [4.69, 9.17) is 30.5 Å². The van der Waals surface area contributed by atoms with Crippen molar-refractivity contribution in [3.8, 4) is 0 Å². The first kappa shape index (κ1) is 39.9. The lowest BCUT2D eigenvalue weighted by atomic mass is 10.0. The van der Waals surface area contributed by atoms with E-state index in [1.54, 1.807) is 6.07 Å². The van der Waals surface area contributed by atoms with Gasteiger partial charge in [-0.1, -0.05) is 95.7 Å². The molecule has 1 aliphatic heterocycles. The lowest BCUT2D eigenvalue weighted by Crippen LogP contribution is -2.46. The van der Waals surface area contributed by atoms with E-state index in [1.165, 1.54) is 51.4 Å². The van der Waals surface area contributed by atoms with Crippen LogP contribution in [0.15, 0.2) is 18.2 Å². The Balaban J connectivity index is 1.67. The van der Waals surface area contributed by atoms with Crippen molar-refractivity contribution in [3.63, 3.8) is 0 Å². The smallest absolute Gasteiger partial charge is 0.434 e. The summed E-state index contributed by atoms with van der Waals surface area (Å²) in [5.74, 6) is 0.929.